The molecule has 0 bridgehead atoms. The Morgan fingerprint density at radius 3 is 2.30 bits per heavy atom. The minimum absolute atomic E-state index is 0.0485. The monoisotopic (exact) mass is 451 g/mol. The lowest BCUT2D eigenvalue weighted by Gasteiger charge is -2.37. The Kier molecular flexibility index (Phi) is 5.43. The van der Waals surface area contributed by atoms with Gasteiger partial charge >= 0.3 is 0 Å². The summed E-state index contributed by atoms with van der Waals surface area (Å²) in [5.74, 6) is 0.607. The van der Waals surface area contributed by atoms with Crippen LogP contribution in [-0.4, -0.2) is 77.2 Å². The van der Waals surface area contributed by atoms with Crippen LogP contribution in [0.2, 0.25) is 0 Å². The number of sulfonamides is 1. The highest BCUT2D eigenvalue weighted by molar-refractivity contribution is 8.01. The van der Waals surface area contributed by atoms with Crippen LogP contribution in [0.4, 0.5) is 0 Å². The summed E-state index contributed by atoms with van der Waals surface area (Å²) in [4.78, 5) is 29.1. The molecule has 3 heterocycles. The van der Waals surface area contributed by atoms with Crippen molar-refractivity contribution in [3.8, 4) is 0 Å². The summed E-state index contributed by atoms with van der Waals surface area (Å²) >= 11 is 1.68. The minimum atomic E-state index is -3.61. The number of hydrogen-bond acceptors (Lipinski definition) is 5. The van der Waals surface area contributed by atoms with Gasteiger partial charge in [-0.1, -0.05) is 17.7 Å². The van der Waals surface area contributed by atoms with Crippen molar-refractivity contribution in [2.75, 3.05) is 31.9 Å². The number of thioether (sulfide) groups is 1. The lowest BCUT2D eigenvalue weighted by atomic mass is 10.1. The molecule has 2 atom stereocenters. The topological polar surface area (TPSA) is 78.0 Å². The Balaban J connectivity index is 1.47. The molecule has 4 rings (SSSR count). The van der Waals surface area contributed by atoms with Crippen molar-refractivity contribution in [2.45, 2.75) is 56.3 Å². The van der Waals surface area contributed by atoms with E-state index in [0.29, 0.717) is 30.2 Å². The summed E-state index contributed by atoms with van der Waals surface area (Å²) in [6.07, 6.45) is 1.27. The normalized spacial score (nSPS) is 27.6. The van der Waals surface area contributed by atoms with E-state index in [1.54, 1.807) is 21.6 Å². The molecule has 3 aliphatic heterocycles. The van der Waals surface area contributed by atoms with Crippen molar-refractivity contribution in [1.29, 1.82) is 0 Å². The average molecular weight is 452 g/mol. The number of piperazine rings is 1. The lowest BCUT2D eigenvalue weighted by Crippen LogP contribution is -2.56. The third kappa shape index (κ3) is 3.44. The Morgan fingerprint density at radius 2 is 1.70 bits per heavy atom. The van der Waals surface area contributed by atoms with Gasteiger partial charge in [-0.3, -0.25) is 9.59 Å². The van der Waals surface area contributed by atoms with Crippen LogP contribution >= 0.6 is 11.8 Å². The number of amides is 2. The molecule has 0 N–H and O–H groups in total. The first-order valence-corrected chi connectivity index (χ1v) is 12.8. The van der Waals surface area contributed by atoms with Crippen LogP contribution in [0.15, 0.2) is 17.0 Å². The van der Waals surface area contributed by atoms with Crippen molar-refractivity contribution in [1.82, 2.24) is 14.1 Å². The molecule has 3 saturated heterocycles. The number of carbonyl (C=O) groups excluding carboxylic acids is 2. The maximum Gasteiger partial charge on any atom is 0.246 e. The zero-order valence-corrected chi connectivity index (χ0v) is 19.6. The average Bonchev–Trinajstić information content (AvgIpc) is 3.16. The predicted molar refractivity (Wildman–Crippen MR) is 117 cm³/mol. The number of fused-ring (bicyclic) bond motifs is 1. The number of nitrogens with zero attached hydrogens (tertiary/aromatic N) is 3. The summed E-state index contributed by atoms with van der Waals surface area (Å²) in [5, 5.41) is 0. The van der Waals surface area contributed by atoms with E-state index in [4.69, 9.17) is 0 Å². The van der Waals surface area contributed by atoms with Crippen LogP contribution in [0.5, 0.6) is 0 Å². The smallest absolute Gasteiger partial charge is 0.246 e. The largest absolute Gasteiger partial charge is 0.338 e. The van der Waals surface area contributed by atoms with Gasteiger partial charge in [0.2, 0.25) is 21.8 Å². The molecule has 0 aromatic heterocycles. The highest BCUT2D eigenvalue weighted by Crippen LogP contribution is 2.47. The van der Waals surface area contributed by atoms with Gasteiger partial charge in [-0.05, 0) is 45.2 Å². The Morgan fingerprint density at radius 1 is 1.10 bits per heavy atom. The van der Waals surface area contributed by atoms with Crippen LogP contribution in [0.3, 0.4) is 0 Å². The Labute approximate surface area is 182 Å². The number of hydrogen-bond donors (Lipinski definition) is 0. The quantitative estimate of drug-likeness (QED) is 0.701. The molecular formula is C21H29N3O4S2. The van der Waals surface area contributed by atoms with Crippen LogP contribution in [0.25, 0.3) is 0 Å². The number of benzene rings is 1. The highest BCUT2D eigenvalue weighted by Gasteiger charge is 2.53. The maximum absolute atomic E-state index is 13.3. The number of rotatable bonds is 3. The van der Waals surface area contributed by atoms with Crippen molar-refractivity contribution in [3.05, 3.63) is 28.8 Å². The fourth-order valence-electron chi connectivity index (χ4n) is 5.07. The van der Waals surface area contributed by atoms with Crippen molar-refractivity contribution in [3.63, 3.8) is 0 Å². The van der Waals surface area contributed by atoms with Gasteiger partial charge in [0.15, 0.2) is 0 Å². The van der Waals surface area contributed by atoms with Gasteiger partial charge in [-0.15, -0.1) is 11.8 Å². The van der Waals surface area contributed by atoms with Gasteiger partial charge in [0.1, 0.15) is 6.04 Å². The zero-order valence-electron chi connectivity index (χ0n) is 18.0. The van der Waals surface area contributed by atoms with E-state index >= 15 is 0 Å². The third-order valence-corrected chi connectivity index (χ3v) is 10.2. The van der Waals surface area contributed by atoms with Gasteiger partial charge in [0, 0.05) is 38.4 Å². The molecule has 0 unspecified atom stereocenters. The summed E-state index contributed by atoms with van der Waals surface area (Å²) in [6, 6.07) is 3.35. The molecule has 9 heteroatoms. The molecule has 0 radical (unpaired) electrons. The van der Waals surface area contributed by atoms with Crippen molar-refractivity contribution in [2.24, 2.45) is 0 Å². The van der Waals surface area contributed by atoms with Gasteiger partial charge in [-0.25, -0.2) is 8.42 Å². The second kappa shape index (κ2) is 7.53. The van der Waals surface area contributed by atoms with E-state index in [1.165, 1.54) is 4.31 Å². The number of aryl methyl sites for hydroxylation is 3. The first-order valence-electron chi connectivity index (χ1n) is 10.4. The fraction of sp³-hybridized carbons (Fsp3) is 0.619. The predicted octanol–water partition coefficient (Wildman–Crippen LogP) is 1.90. The molecular weight excluding hydrogens is 422 g/mol. The Bertz CT molecular complexity index is 978. The molecule has 164 valence electrons. The van der Waals surface area contributed by atoms with Crippen molar-refractivity contribution >= 4 is 33.6 Å². The molecule has 0 saturated carbocycles. The van der Waals surface area contributed by atoms with Gasteiger partial charge in [0.05, 0.1) is 9.77 Å². The van der Waals surface area contributed by atoms with Crippen LogP contribution in [-0.2, 0) is 19.6 Å². The highest BCUT2D eigenvalue weighted by atomic mass is 32.2. The fourth-order valence-corrected chi connectivity index (χ4v) is 8.32. The second-order valence-corrected chi connectivity index (χ2v) is 12.1. The second-order valence-electron chi connectivity index (χ2n) is 8.72. The molecule has 3 aliphatic rings. The molecule has 1 aromatic carbocycles. The minimum Gasteiger partial charge on any atom is -0.338 e. The molecule has 30 heavy (non-hydrogen) atoms. The Hall–Kier alpha value is -1.58. The van der Waals surface area contributed by atoms with E-state index in [-0.39, 0.29) is 29.8 Å². The first-order chi connectivity index (χ1) is 14.0. The standard InChI is InChI=1S/C21H29N3O4S2/c1-14-11-15(2)19(16(3)12-14)30(27,28)23-9-7-22(8-10-23)20(26)17-13-29-21(4)6-5-18(25)24(17)21/h11-12,17H,5-10,13H2,1-4H3/t17-,21+/m0/s1. The maximum atomic E-state index is 13.3. The lowest BCUT2D eigenvalue weighted by molar-refractivity contribution is -0.144. The summed E-state index contributed by atoms with van der Waals surface area (Å²) in [6.45, 7) is 8.88. The molecule has 0 aliphatic carbocycles. The van der Waals surface area contributed by atoms with Crippen LogP contribution in [0, 0.1) is 20.8 Å². The first kappa shape index (κ1) is 21.6. The molecule has 1 aromatic rings. The zero-order chi connectivity index (χ0) is 21.8. The molecule has 3 fully saturated rings. The van der Waals surface area contributed by atoms with E-state index in [9.17, 15) is 18.0 Å². The summed E-state index contributed by atoms with van der Waals surface area (Å²) < 4.78 is 28.0. The molecule has 7 nitrogen and oxygen atoms in total. The van der Waals surface area contributed by atoms with E-state index < -0.39 is 16.1 Å². The SMILES string of the molecule is Cc1cc(C)c(S(=O)(=O)N2CCN(C(=O)[C@@H]3CS[C@]4(C)CCC(=O)N34)CC2)c(C)c1. The van der Waals surface area contributed by atoms with Crippen LogP contribution in [0.1, 0.15) is 36.5 Å². The number of carbonyl (C=O) groups is 2. The molecule has 2 amide bonds. The van der Waals surface area contributed by atoms with E-state index in [1.807, 2.05) is 39.8 Å². The van der Waals surface area contributed by atoms with Crippen LogP contribution < -0.4 is 0 Å². The summed E-state index contributed by atoms with van der Waals surface area (Å²) in [7, 11) is -3.61. The van der Waals surface area contributed by atoms with Gasteiger partial charge in [-0.2, -0.15) is 4.31 Å². The van der Waals surface area contributed by atoms with E-state index in [0.717, 1.165) is 23.1 Å². The van der Waals surface area contributed by atoms with E-state index in [2.05, 4.69) is 0 Å². The molecule has 0 spiro atoms. The van der Waals surface area contributed by atoms with Crippen molar-refractivity contribution < 1.29 is 18.0 Å². The van der Waals surface area contributed by atoms with Gasteiger partial charge in [0.25, 0.3) is 0 Å². The summed E-state index contributed by atoms with van der Waals surface area (Å²) in [5.41, 5.74) is 2.54. The third-order valence-electron chi connectivity index (χ3n) is 6.48. The van der Waals surface area contributed by atoms with Gasteiger partial charge < -0.3 is 9.80 Å².